The van der Waals surface area contributed by atoms with Gasteiger partial charge in [0.1, 0.15) is 11.5 Å². The zero-order valence-corrected chi connectivity index (χ0v) is 4.55. The van der Waals surface area contributed by atoms with Gasteiger partial charge < -0.3 is 15.3 Å². The van der Waals surface area contributed by atoms with Crippen molar-refractivity contribution in [2.24, 2.45) is 0 Å². The fourth-order valence-electron chi connectivity index (χ4n) is 0.0943. The molecule has 2 atom stereocenters. The maximum absolute atomic E-state index is 8.36. The van der Waals surface area contributed by atoms with Crippen LogP contribution in [0.15, 0.2) is 0 Å². The lowest BCUT2D eigenvalue weighted by molar-refractivity contribution is 0.0294. The number of hydrogen-bond acceptors (Lipinski definition) is 4. The third kappa shape index (κ3) is 2.87. The molecule has 0 amide bonds. The minimum absolute atomic E-state index is 0.454. The minimum Gasteiger partial charge on any atom is -0.394 e. The zero-order valence-electron chi connectivity index (χ0n) is 3.65. The maximum atomic E-state index is 8.36. The summed E-state index contributed by atoms with van der Waals surface area (Å²) in [6.45, 7) is -0.454. The summed E-state index contributed by atoms with van der Waals surface area (Å²) in [5.41, 5.74) is -1.13. The van der Waals surface area contributed by atoms with Gasteiger partial charge in [-0.3, -0.25) is 0 Å². The maximum Gasteiger partial charge on any atom is 0.125 e. The molecule has 0 aliphatic heterocycles. The van der Waals surface area contributed by atoms with Crippen LogP contribution in [0.4, 0.5) is 0 Å². The van der Waals surface area contributed by atoms with Crippen LogP contribution >= 0.6 is 12.6 Å². The predicted octanol–water partition coefficient (Wildman–Crippen LogP) is -1.41. The first kappa shape index (κ1) is 7.23. The third-order valence-electron chi connectivity index (χ3n) is 0.531. The third-order valence-corrected chi connectivity index (χ3v) is 0.875. The summed E-state index contributed by atoms with van der Waals surface area (Å²) in [6.07, 6.45) is -1.12. The Morgan fingerprint density at radius 2 is 1.86 bits per heavy atom. The van der Waals surface area contributed by atoms with Crippen molar-refractivity contribution in [2.45, 2.75) is 11.5 Å². The van der Waals surface area contributed by atoms with Crippen LogP contribution in [-0.4, -0.2) is 33.5 Å². The highest BCUT2D eigenvalue weighted by Crippen LogP contribution is 1.94. The molecule has 0 aliphatic carbocycles. The Hall–Kier alpha value is 0.230. The van der Waals surface area contributed by atoms with Crippen molar-refractivity contribution >= 4 is 12.6 Å². The van der Waals surface area contributed by atoms with Crippen molar-refractivity contribution in [3.8, 4) is 0 Å². The van der Waals surface area contributed by atoms with E-state index >= 15 is 0 Å². The average molecular weight is 124 g/mol. The molecule has 44 valence electrons. The van der Waals surface area contributed by atoms with E-state index in [1.165, 1.54) is 0 Å². The van der Waals surface area contributed by atoms with Crippen molar-refractivity contribution in [1.82, 2.24) is 0 Å². The highest BCUT2D eigenvalue weighted by molar-refractivity contribution is 7.80. The van der Waals surface area contributed by atoms with Crippen LogP contribution in [0.5, 0.6) is 0 Å². The van der Waals surface area contributed by atoms with Gasteiger partial charge in [-0.25, -0.2) is 0 Å². The fourth-order valence-corrected chi connectivity index (χ4v) is 0.189. The molecular weight excluding hydrogens is 116 g/mol. The standard InChI is InChI=1S/C3H8O3S/c4-1-2(5)3(6)7/h2-7H,1H2/t2-,3-/m0/s1. The second kappa shape index (κ2) is 3.26. The number of rotatable bonds is 2. The lowest BCUT2D eigenvalue weighted by atomic mass is 10.4. The molecule has 0 unspecified atom stereocenters. The first-order valence-electron chi connectivity index (χ1n) is 1.83. The molecule has 3 nitrogen and oxygen atoms in total. The molecule has 0 bridgehead atoms. The molecule has 0 rings (SSSR count). The summed E-state index contributed by atoms with van der Waals surface area (Å²) >= 11 is 3.42. The largest absolute Gasteiger partial charge is 0.394 e. The van der Waals surface area contributed by atoms with E-state index in [0.717, 1.165) is 0 Å². The van der Waals surface area contributed by atoms with Gasteiger partial charge in [-0.15, -0.1) is 12.6 Å². The highest BCUT2D eigenvalue weighted by atomic mass is 32.1. The zero-order chi connectivity index (χ0) is 5.86. The van der Waals surface area contributed by atoms with E-state index < -0.39 is 18.1 Å². The minimum atomic E-state index is -1.13. The second-order valence-corrected chi connectivity index (χ2v) is 1.69. The summed E-state index contributed by atoms with van der Waals surface area (Å²) in [4.78, 5) is 0. The van der Waals surface area contributed by atoms with Crippen molar-refractivity contribution < 1.29 is 15.3 Å². The van der Waals surface area contributed by atoms with Crippen LogP contribution in [0.3, 0.4) is 0 Å². The van der Waals surface area contributed by atoms with E-state index in [0.29, 0.717) is 0 Å². The van der Waals surface area contributed by atoms with Gasteiger partial charge in [-0.2, -0.15) is 0 Å². The van der Waals surface area contributed by atoms with Crippen LogP contribution in [0.25, 0.3) is 0 Å². The first-order valence-corrected chi connectivity index (χ1v) is 2.35. The fraction of sp³-hybridized carbons (Fsp3) is 1.00. The average Bonchev–Trinajstić information content (AvgIpc) is 1.65. The van der Waals surface area contributed by atoms with Crippen LogP contribution in [0, 0.1) is 0 Å². The van der Waals surface area contributed by atoms with Crippen molar-refractivity contribution in [3.05, 3.63) is 0 Å². The van der Waals surface area contributed by atoms with Crippen LogP contribution in [-0.2, 0) is 0 Å². The molecule has 0 heterocycles. The van der Waals surface area contributed by atoms with Gasteiger partial charge in [0.15, 0.2) is 0 Å². The van der Waals surface area contributed by atoms with Crippen molar-refractivity contribution in [2.75, 3.05) is 6.61 Å². The number of hydrogen-bond donors (Lipinski definition) is 4. The lowest BCUT2D eigenvalue weighted by Gasteiger charge is -2.06. The van der Waals surface area contributed by atoms with Gasteiger partial charge in [0.05, 0.1) is 6.61 Å². The summed E-state index contributed by atoms with van der Waals surface area (Å²) in [5.74, 6) is 0. The van der Waals surface area contributed by atoms with E-state index in [4.69, 9.17) is 15.3 Å². The van der Waals surface area contributed by atoms with E-state index in [2.05, 4.69) is 12.6 Å². The van der Waals surface area contributed by atoms with E-state index in [9.17, 15) is 0 Å². The van der Waals surface area contributed by atoms with Crippen LogP contribution < -0.4 is 0 Å². The van der Waals surface area contributed by atoms with E-state index in [1.807, 2.05) is 0 Å². The molecular formula is C3H8O3S. The predicted molar refractivity (Wildman–Crippen MR) is 28.1 cm³/mol. The molecule has 0 aliphatic rings. The monoisotopic (exact) mass is 124 g/mol. The van der Waals surface area contributed by atoms with E-state index in [1.54, 1.807) is 0 Å². The van der Waals surface area contributed by atoms with Crippen LogP contribution in [0.2, 0.25) is 0 Å². The Kier molecular flexibility index (Phi) is 3.37. The molecule has 0 aromatic heterocycles. The van der Waals surface area contributed by atoms with Crippen molar-refractivity contribution in [3.63, 3.8) is 0 Å². The SMILES string of the molecule is OC[C@H](O)[C@@H](O)S. The second-order valence-electron chi connectivity index (χ2n) is 1.16. The van der Waals surface area contributed by atoms with Crippen LogP contribution in [0.1, 0.15) is 0 Å². The molecule has 0 spiro atoms. The van der Waals surface area contributed by atoms with Gasteiger partial charge in [-0.1, -0.05) is 0 Å². The molecule has 0 aromatic carbocycles. The summed E-state index contributed by atoms with van der Waals surface area (Å²) in [6, 6.07) is 0. The van der Waals surface area contributed by atoms with Gasteiger partial charge in [0, 0.05) is 0 Å². The highest BCUT2D eigenvalue weighted by Gasteiger charge is 2.07. The lowest BCUT2D eigenvalue weighted by Crippen LogP contribution is -2.23. The molecule has 0 saturated carbocycles. The quantitative estimate of drug-likeness (QED) is 0.270. The van der Waals surface area contributed by atoms with Gasteiger partial charge >= 0.3 is 0 Å². The summed E-state index contributed by atoms with van der Waals surface area (Å²) in [7, 11) is 0. The summed E-state index contributed by atoms with van der Waals surface area (Å²) in [5, 5.41) is 24.7. The Bertz CT molecular complexity index is 47.4. The Morgan fingerprint density at radius 1 is 1.43 bits per heavy atom. The summed E-state index contributed by atoms with van der Waals surface area (Å²) < 4.78 is 0. The molecule has 0 radical (unpaired) electrons. The van der Waals surface area contributed by atoms with E-state index in [-0.39, 0.29) is 0 Å². The van der Waals surface area contributed by atoms with Gasteiger partial charge in [0.2, 0.25) is 0 Å². The Labute approximate surface area is 47.0 Å². The number of aliphatic hydroxyl groups is 3. The smallest absolute Gasteiger partial charge is 0.125 e. The molecule has 7 heavy (non-hydrogen) atoms. The first-order chi connectivity index (χ1) is 3.18. The molecule has 0 saturated heterocycles. The number of aliphatic hydroxyl groups excluding tert-OH is 3. The van der Waals surface area contributed by atoms with Gasteiger partial charge in [-0.05, 0) is 0 Å². The molecule has 3 N–H and O–H groups in total. The Balaban J connectivity index is 3.14. The molecule has 4 heteroatoms. The Morgan fingerprint density at radius 3 is 1.86 bits per heavy atom. The number of thiol groups is 1. The van der Waals surface area contributed by atoms with Crippen molar-refractivity contribution in [1.29, 1.82) is 0 Å². The molecule has 0 fully saturated rings. The molecule has 0 aromatic rings. The van der Waals surface area contributed by atoms with Gasteiger partial charge in [0.25, 0.3) is 0 Å². The topological polar surface area (TPSA) is 60.7 Å². The normalized spacial score (nSPS) is 18.9.